The monoisotopic (exact) mass is 336 g/mol. The van der Waals surface area contributed by atoms with Crippen LogP contribution in [0.25, 0.3) is 0 Å². The van der Waals surface area contributed by atoms with Crippen molar-refractivity contribution in [3.05, 3.63) is 40.4 Å². The summed E-state index contributed by atoms with van der Waals surface area (Å²) in [4.78, 5) is 0. The molecule has 0 spiro atoms. The van der Waals surface area contributed by atoms with Gasteiger partial charge in [0.05, 0.1) is 31.3 Å². The summed E-state index contributed by atoms with van der Waals surface area (Å²) in [6.07, 6.45) is 0. The summed E-state index contributed by atoms with van der Waals surface area (Å²) >= 11 is 3.53. The van der Waals surface area contributed by atoms with Crippen LogP contribution in [0.5, 0.6) is 11.5 Å². The molecule has 0 atom stereocenters. The van der Waals surface area contributed by atoms with Crippen LogP contribution in [0.4, 0.5) is 17.1 Å². The van der Waals surface area contributed by atoms with E-state index in [4.69, 9.17) is 15.2 Å². The predicted octanol–water partition coefficient (Wildman–Crippen LogP) is 4.10. The van der Waals surface area contributed by atoms with E-state index >= 15 is 0 Å². The summed E-state index contributed by atoms with van der Waals surface area (Å²) in [6.45, 7) is 2.04. The van der Waals surface area contributed by atoms with Crippen LogP contribution in [0.2, 0.25) is 0 Å². The van der Waals surface area contributed by atoms with Crippen molar-refractivity contribution in [1.82, 2.24) is 0 Å². The third kappa shape index (κ3) is 2.99. The first kappa shape index (κ1) is 14.5. The van der Waals surface area contributed by atoms with Gasteiger partial charge in [0.1, 0.15) is 0 Å². The molecule has 0 aliphatic carbocycles. The van der Waals surface area contributed by atoms with Crippen molar-refractivity contribution >= 4 is 33.0 Å². The van der Waals surface area contributed by atoms with Crippen molar-refractivity contribution in [2.24, 2.45) is 0 Å². The third-order valence-electron chi connectivity index (χ3n) is 2.95. The Kier molecular flexibility index (Phi) is 4.39. The van der Waals surface area contributed by atoms with Crippen LogP contribution in [0.1, 0.15) is 5.56 Å². The van der Waals surface area contributed by atoms with Gasteiger partial charge >= 0.3 is 0 Å². The van der Waals surface area contributed by atoms with Gasteiger partial charge in [0.25, 0.3) is 0 Å². The number of nitrogens with two attached hydrogens (primary N) is 1. The summed E-state index contributed by atoms with van der Waals surface area (Å²) in [7, 11) is 3.18. The van der Waals surface area contributed by atoms with Crippen LogP contribution in [0, 0.1) is 6.92 Å². The highest BCUT2D eigenvalue weighted by atomic mass is 79.9. The normalized spacial score (nSPS) is 10.2. The second-order valence-electron chi connectivity index (χ2n) is 4.40. The molecule has 2 rings (SSSR count). The van der Waals surface area contributed by atoms with Gasteiger partial charge in [-0.05, 0) is 40.5 Å². The van der Waals surface area contributed by atoms with Crippen molar-refractivity contribution in [1.29, 1.82) is 0 Å². The molecule has 20 heavy (non-hydrogen) atoms. The van der Waals surface area contributed by atoms with E-state index in [1.54, 1.807) is 20.3 Å². The second kappa shape index (κ2) is 6.05. The fraction of sp³-hybridized carbons (Fsp3) is 0.200. The number of methoxy groups -OCH3 is 2. The number of hydrogen-bond donors (Lipinski definition) is 2. The first-order chi connectivity index (χ1) is 9.55. The minimum Gasteiger partial charge on any atom is -0.493 e. The van der Waals surface area contributed by atoms with E-state index in [1.807, 2.05) is 31.2 Å². The highest BCUT2D eigenvalue weighted by Crippen LogP contribution is 2.37. The number of hydrogen-bond acceptors (Lipinski definition) is 4. The number of benzene rings is 2. The van der Waals surface area contributed by atoms with Gasteiger partial charge in [-0.3, -0.25) is 0 Å². The Bertz CT molecular complexity index is 630. The molecule has 0 amide bonds. The quantitative estimate of drug-likeness (QED) is 0.825. The van der Waals surface area contributed by atoms with Crippen molar-refractivity contribution in [3.8, 4) is 11.5 Å². The first-order valence-corrected chi connectivity index (χ1v) is 6.89. The molecule has 2 aromatic rings. The van der Waals surface area contributed by atoms with Crippen molar-refractivity contribution in [2.75, 3.05) is 25.3 Å². The predicted molar refractivity (Wildman–Crippen MR) is 86.1 cm³/mol. The molecule has 0 saturated carbocycles. The number of aryl methyl sites for hydroxylation is 1. The molecule has 106 valence electrons. The van der Waals surface area contributed by atoms with E-state index in [-0.39, 0.29) is 0 Å². The van der Waals surface area contributed by atoms with Crippen LogP contribution >= 0.6 is 15.9 Å². The Morgan fingerprint density at radius 3 is 2.25 bits per heavy atom. The highest BCUT2D eigenvalue weighted by Gasteiger charge is 2.10. The molecule has 0 bridgehead atoms. The van der Waals surface area contributed by atoms with E-state index in [1.165, 1.54) is 5.56 Å². The second-order valence-corrected chi connectivity index (χ2v) is 5.26. The Morgan fingerprint density at radius 1 is 1.00 bits per heavy atom. The van der Waals surface area contributed by atoms with E-state index in [0.717, 1.165) is 15.8 Å². The number of anilines is 3. The van der Waals surface area contributed by atoms with Gasteiger partial charge in [-0.25, -0.2) is 0 Å². The SMILES string of the molecule is COc1cc(N)c(Nc2ccc(C)cc2Br)cc1OC. The summed E-state index contributed by atoms with van der Waals surface area (Å²) < 4.78 is 11.5. The number of halogens is 1. The minimum absolute atomic E-state index is 0.593. The van der Waals surface area contributed by atoms with E-state index in [0.29, 0.717) is 17.2 Å². The number of ether oxygens (including phenoxy) is 2. The van der Waals surface area contributed by atoms with Crippen LogP contribution in [0.15, 0.2) is 34.8 Å². The Hall–Kier alpha value is -1.88. The number of nitrogens with one attached hydrogen (secondary N) is 1. The Balaban J connectivity index is 2.38. The molecule has 0 saturated heterocycles. The minimum atomic E-state index is 0.593. The lowest BCUT2D eigenvalue weighted by Gasteiger charge is -2.15. The molecule has 3 N–H and O–H groups in total. The zero-order valence-corrected chi connectivity index (χ0v) is 13.2. The van der Waals surface area contributed by atoms with Gasteiger partial charge in [-0.2, -0.15) is 0 Å². The standard InChI is InChI=1S/C15H17BrN2O2/c1-9-4-5-12(10(16)6-9)18-13-8-15(20-3)14(19-2)7-11(13)17/h4-8,18H,17H2,1-3H3. The summed E-state index contributed by atoms with van der Waals surface area (Å²) in [6, 6.07) is 9.63. The largest absolute Gasteiger partial charge is 0.493 e. The molecule has 0 aromatic heterocycles. The van der Waals surface area contributed by atoms with E-state index in [2.05, 4.69) is 21.2 Å². The molecule has 0 radical (unpaired) electrons. The zero-order valence-electron chi connectivity index (χ0n) is 11.7. The lowest BCUT2D eigenvalue weighted by atomic mass is 10.2. The van der Waals surface area contributed by atoms with Crippen LogP contribution < -0.4 is 20.5 Å². The zero-order chi connectivity index (χ0) is 14.7. The molecule has 0 unspecified atom stereocenters. The average Bonchev–Trinajstić information content (AvgIpc) is 2.43. The maximum atomic E-state index is 6.03. The van der Waals surface area contributed by atoms with Crippen LogP contribution in [-0.2, 0) is 0 Å². The van der Waals surface area contributed by atoms with Crippen LogP contribution in [0.3, 0.4) is 0 Å². The number of rotatable bonds is 4. The summed E-state index contributed by atoms with van der Waals surface area (Å²) in [5.41, 5.74) is 9.52. The Labute approximate surface area is 127 Å². The third-order valence-corrected chi connectivity index (χ3v) is 3.61. The van der Waals surface area contributed by atoms with Gasteiger partial charge in [0.2, 0.25) is 0 Å². The maximum Gasteiger partial charge on any atom is 0.162 e. The van der Waals surface area contributed by atoms with Gasteiger partial charge < -0.3 is 20.5 Å². The van der Waals surface area contributed by atoms with Crippen molar-refractivity contribution < 1.29 is 9.47 Å². The molecular weight excluding hydrogens is 320 g/mol. The molecule has 0 fully saturated rings. The van der Waals surface area contributed by atoms with E-state index in [9.17, 15) is 0 Å². The summed E-state index contributed by atoms with van der Waals surface area (Å²) in [5, 5.41) is 3.29. The van der Waals surface area contributed by atoms with Gasteiger partial charge in [-0.1, -0.05) is 6.07 Å². The van der Waals surface area contributed by atoms with Crippen molar-refractivity contribution in [3.63, 3.8) is 0 Å². The fourth-order valence-electron chi connectivity index (χ4n) is 1.87. The molecule has 5 heteroatoms. The molecule has 0 aliphatic rings. The maximum absolute atomic E-state index is 6.03. The molecular formula is C15H17BrN2O2. The molecule has 2 aromatic carbocycles. The van der Waals surface area contributed by atoms with E-state index < -0.39 is 0 Å². The molecule has 0 aliphatic heterocycles. The highest BCUT2D eigenvalue weighted by molar-refractivity contribution is 9.10. The lowest BCUT2D eigenvalue weighted by Crippen LogP contribution is -2.00. The van der Waals surface area contributed by atoms with Crippen LogP contribution in [-0.4, -0.2) is 14.2 Å². The summed E-state index contributed by atoms with van der Waals surface area (Å²) in [5.74, 6) is 1.24. The smallest absolute Gasteiger partial charge is 0.162 e. The fourth-order valence-corrected chi connectivity index (χ4v) is 2.46. The molecule has 0 heterocycles. The van der Waals surface area contributed by atoms with Gasteiger partial charge in [0.15, 0.2) is 11.5 Å². The Morgan fingerprint density at radius 2 is 1.65 bits per heavy atom. The van der Waals surface area contributed by atoms with Crippen molar-refractivity contribution in [2.45, 2.75) is 6.92 Å². The molecule has 4 nitrogen and oxygen atoms in total. The lowest BCUT2D eigenvalue weighted by molar-refractivity contribution is 0.355. The van der Waals surface area contributed by atoms with Gasteiger partial charge in [0, 0.05) is 16.6 Å². The average molecular weight is 337 g/mol. The first-order valence-electron chi connectivity index (χ1n) is 6.10. The topological polar surface area (TPSA) is 56.5 Å². The van der Waals surface area contributed by atoms with Gasteiger partial charge in [-0.15, -0.1) is 0 Å². The number of nitrogen functional groups attached to an aromatic ring is 1.